The van der Waals surface area contributed by atoms with Crippen molar-refractivity contribution in [1.82, 2.24) is 0 Å². The Hall–Kier alpha value is -0.410. The first-order valence-corrected chi connectivity index (χ1v) is 5.60. The molecule has 0 radical (unpaired) electrons. The summed E-state index contributed by atoms with van der Waals surface area (Å²) in [6.07, 6.45) is 8.25. The number of rotatable bonds is 7. The minimum atomic E-state index is 0.0369. The molecule has 14 heavy (non-hydrogen) atoms. The molecule has 0 atom stereocenters. The van der Waals surface area contributed by atoms with Gasteiger partial charge in [-0.1, -0.05) is 12.8 Å². The lowest BCUT2D eigenvalue weighted by atomic mass is 10.1. The van der Waals surface area contributed by atoms with Crippen molar-refractivity contribution in [1.29, 1.82) is 0 Å². The Labute approximate surface area is 85.8 Å². The van der Waals surface area contributed by atoms with E-state index in [1.807, 2.05) is 0 Å². The summed E-state index contributed by atoms with van der Waals surface area (Å²) < 4.78 is 10.9. The molecule has 0 spiro atoms. The number of aldehydes is 1. The van der Waals surface area contributed by atoms with Gasteiger partial charge in [0.1, 0.15) is 6.29 Å². The molecule has 1 heterocycles. The Morgan fingerprint density at radius 3 is 2.50 bits per heavy atom. The van der Waals surface area contributed by atoms with Gasteiger partial charge in [0.25, 0.3) is 0 Å². The zero-order valence-electron chi connectivity index (χ0n) is 8.74. The van der Waals surface area contributed by atoms with Crippen molar-refractivity contribution in [2.45, 2.75) is 51.2 Å². The van der Waals surface area contributed by atoms with Crippen LogP contribution in [0, 0.1) is 0 Å². The lowest BCUT2D eigenvalue weighted by molar-refractivity contribution is -0.181. The molecule has 0 aliphatic carbocycles. The fourth-order valence-electron chi connectivity index (χ4n) is 1.60. The van der Waals surface area contributed by atoms with E-state index in [-0.39, 0.29) is 6.29 Å². The summed E-state index contributed by atoms with van der Waals surface area (Å²) in [7, 11) is 0. The minimum Gasteiger partial charge on any atom is -0.353 e. The van der Waals surface area contributed by atoms with E-state index in [2.05, 4.69) is 0 Å². The standard InChI is InChI=1S/C11H20O3/c12-8-5-3-1-2-4-7-11-13-9-6-10-14-11/h8,11H,1-7,9-10H2. The molecule has 3 heteroatoms. The third-order valence-electron chi connectivity index (χ3n) is 2.41. The van der Waals surface area contributed by atoms with E-state index in [1.54, 1.807) is 0 Å². The quantitative estimate of drug-likeness (QED) is 0.467. The second-order valence-electron chi connectivity index (χ2n) is 3.68. The maximum Gasteiger partial charge on any atom is 0.157 e. The molecule has 0 aromatic carbocycles. The molecule has 1 aliphatic heterocycles. The fraction of sp³-hybridized carbons (Fsp3) is 0.909. The summed E-state index contributed by atoms with van der Waals surface area (Å²) in [6.45, 7) is 1.69. The Morgan fingerprint density at radius 1 is 1.07 bits per heavy atom. The van der Waals surface area contributed by atoms with Crippen LogP contribution in [0.1, 0.15) is 44.9 Å². The van der Waals surface area contributed by atoms with Gasteiger partial charge in [-0.15, -0.1) is 0 Å². The molecule has 0 aromatic heterocycles. The smallest absolute Gasteiger partial charge is 0.157 e. The summed E-state index contributed by atoms with van der Waals surface area (Å²) in [5.74, 6) is 0. The predicted molar refractivity (Wildman–Crippen MR) is 54.1 cm³/mol. The molecule has 0 bridgehead atoms. The van der Waals surface area contributed by atoms with Gasteiger partial charge in [0.2, 0.25) is 0 Å². The van der Waals surface area contributed by atoms with E-state index in [4.69, 9.17) is 9.47 Å². The molecule has 1 rings (SSSR count). The number of carbonyl (C=O) groups is 1. The van der Waals surface area contributed by atoms with Crippen LogP contribution in [0.4, 0.5) is 0 Å². The average molecular weight is 200 g/mol. The molecule has 0 N–H and O–H groups in total. The molecule has 0 amide bonds. The molecule has 0 unspecified atom stereocenters. The van der Waals surface area contributed by atoms with Gasteiger partial charge in [0, 0.05) is 6.42 Å². The van der Waals surface area contributed by atoms with Crippen molar-refractivity contribution >= 4 is 6.29 Å². The topological polar surface area (TPSA) is 35.5 Å². The van der Waals surface area contributed by atoms with Gasteiger partial charge >= 0.3 is 0 Å². The normalized spacial score (nSPS) is 18.3. The Bertz CT molecular complexity index is 141. The van der Waals surface area contributed by atoms with Crippen molar-refractivity contribution in [3.63, 3.8) is 0 Å². The van der Waals surface area contributed by atoms with Gasteiger partial charge in [-0.2, -0.15) is 0 Å². The maximum absolute atomic E-state index is 10.0. The first kappa shape index (κ1) is 11.7. The highest BCUT2D eigenvalue weighted by Crippen LogP contribution is 2.13. The van der Waals surface area contributed by atoms with E-state index in [0.29, 0.717) is 6.42 Å². The van der Waals surface area contributed by atoms with Crippen LogP contribution < -0.4 is 0 Å². The van der Waals surface area contributed by atoms with Gasteiger partial charge in [-0.25, -0.2) is 0 Å². The van der Waals surface area contributed by atoms with Crippen molar-refractivity contribution in [3.8, 4) is 0 Å². The van der Waals surface area contributed by atoms with Gasteiger partial charge in [-0.3, -0.25) is 0 Å². The third kappa shape index (κ3) is 5.35. The highest BCUT2D eigenvalue weighted by molar-refractivity contribution is 5.48. The Kier molecular flexibility index (Phi) is 6.62. The minimum absolute atomic E-state index is 0.0369. The molecular formula is C11H20O3. The Balaban J connectivity index is 1.85. The summed E-state index contributed by atoms with van der Waals surface area (Å²) in [5, 5.41) is 0. The lowest BCUT2D eigenvalue weighted by Gasteiger charge is -2.22. The largest absolute Gasteiger partial charge is 0.353 e. The molecular weight excluding hydrogens is 180 g/mol. The molecule has 0 aromatic rings. The van der Waals surface area contributed by atoms with Crippen molar-refractivity contribution in [2.24, 2.45) is 0 Å². The van der Waals surface area contributed by atoms with Crippen LogP contribution in [0.15, 0.2) is 0 Å². The van der Waals surface area contributed by atoms with Crippen LogP contribution >= 0.6 is 0 Å². The molecule has 1 saturated heterocycles. The number of hydrogen-bond donors (Lipinski definition) is 0. The summed E-state index contributed by atoms with van der Waals surface area (Å²) in [4.78, 5) is 10.0. The second kappa shape index (κ2) is 7.94. The highest BCUT2D eigenvalue weighted by atomic mass is 16.7. The molecule has 3 nitrogen and oxygen atoms in total. The monoisotopic (exact) mass is 200 g/mol. The average Bonchev–Trinajstić information content (AvgIpc) is 2.25. The Morgan fingerprint density at radius 2 is 1.79 bits per heavy atom. The predicted octanol–water partition coefficient (Wildman–Crippen LogP) is 2.29. The zero-order valence-corrected chi connectivity index (χ0v) is 8.74. The van der Waals surface area contributed by atoms with E-state index in [1.165, 1.54) is 6.42 Å². The number of ether oxygens (including phenoxy) is 2. The third-order valence-corrected chi connectivity index (χ3v) is 2.41. The van der Waals surface area contributed by atoms with Gasteiger partial charge in [0.15, 0.2) is 6.29 Å². The molecule has 1 fully saturated rings. The first-order valence-electron chi connectivity index (χ1n) is 5.60. The SMILES string of the molecule is O=CCCCCCCC1OCCCO1. The summed E-state index contributed by atoms with van der Waals surface area (Å²) in [6, 6.07) is 0. The highest BCUT2D eigenvalue weighted by Gasteiger charge is 2.12. The number of hydrogen-bond acceptors (Lipinski definition) is 3. The van der Waals surface area contributed by atoms with Crippen LogP contribution in [0.2, 0.25) is 0 Å². The molecule has 82 valence electrons. The van der Waals surface area contributed by atoms with E-state index >= 15 is 0 Å². The number of unbranched alkanes of at least 4 members (excludes halogenated alkanes) is 4. The maximum atomic E-state index is 10.0. The lowest BCUT2D eigenvalue weighted by Crippen LogP contribution is -2.24. The van der Waals surface area contributed by atoms with Crippen LogP contribution in [-0.4, -0.2) is 25.8 Å². The summed E-state index contributed by atoms with van der Waals surface area (Å²) in [5.41, 5.74) is 0. The van der Waals surface area contributed by atoms with E-state index in [9.17, 15) is 4.79 Å². The van der Waals surface area contributed by atoms with Crippen molar-refractivity contribution in [2.75, 3.05) is 13.2 Å². The fourth-order valence-corrected chi connectivity index (χ4v) is 1.60. The van der Waals surface area contributed by atoms with Crippen molar-refractivity contribution in [3.05, 3.63) is 0 Å². The van der Waals surface area contributed by atoms with Crippen LogP contribution in [0.5, 0.6) is 0 Å². The van der Waals surface area contributed by atoms with Crippen molar-refractivity contribution < 1.29 is 14.3 Å². The van der Waals surface area contributed by atoms with Gasteiger partial charge in [-0.05, 0) is 25.7 Å². The second-order valence-corrected chi connectivity index (χ2v) is 3.68. The van der Waals surface area contributed by atoms with Crippen LogP contribution in [0.3, 0.4) is 0 Å². The van der Waals surface area contributed by atoms with Crippen LogP contribution in [-0.2, 0) is 14.3 Å². The molecule has 0 saturated carbocycles. The van der Waals surface area contributed by atoms with E-state index < -0.39 is 0 Å². The number of carbonyl (C=O) groups excluding carboxylic acids is 1. The van der Waals surface area contributed by atoms with Gasteiger partial charge in [0.05, 0.1) is 13.2 Å². The van der Waals surface area contributed by atoms with Crippen LogP contribution in [0.25, 0.3) is 0 Å². The first-order chi connectivity index (χ1) is 6.93. The zero-order chi connectivity index (χ0) is 10.1. The van der Waals surface area contributed by atoms with Gasteiger partial charge < -0.3 is 14.3 Å². The summed E-state index contributed by atoms with van der Waals surface area (Å²) >= 11 is 0. The molecule has 1 aliphatic rings. The van der Waals surface area contributed by atoms with E-state index in [0.717, 1.165) is 51.6 Å².